The van der Waals surface area contributed by atoms with Crippen molar-refractivity contribution in [2.75, 3.05) is 5.73 Å². The van der Waals surface area contributed by atoms with E-state index in [-0.39, 0.29) is 11.9 Å². The number of amides is 1. The molecule has 0 aromatic carbocycles. The first kappa shape index (κ1) is 10.1. The lowest BCUT2D eigenvalue weighted by atomic mass is 10.2. The second kappa shape index (κ2) is 3.61. The molecule has 0 spiro atoms. The molecule has 0 unspecified atom stereocenters. The van der Waals surface area contributed by atoms with Crippen LogP contribution in [-0.2, 0) is 4.79 Å². The molecule has 1 heterocycles. The average Bonchev–Trinajstić information content (AvgIpc) is 2.18. The second-order valence-corrected chi connectivity index (χ2v) is 3.16. The second-order valence-electron chi connectivity index (χ2n) is 3.16. The highest BCUT2D eigenvalue weighted by Gasteiger charge is 2.09. The van der Waals surface area contributed by atoms with E-state index in [0.717, 1.165) is 0 Å². The first-order valence-electron chi connectivity index (χ1n) is 4.47. The lowest BCUT2D eigenvalue weighted by Gasteiger charge is -2.07. The van der Waals surface area contributed by atoms with Crippen molar-refractivity contribution in [3.05, 3.63) is 23.6 Å². The molecule has 2 aliphatic rings. The van der Waals surface area contributed by atoms with Gasteiger partial charge in [0.25, 0.3) is 0 Å². The van der Waals surface area contributed by atoms with Crippen LogP contribution in [-0.4, -0.2) is 26.0 Å². The number of benzene rings is 1. The Morgan fingerprint density at radius 2 is 2.31 bits per heavy atom. The largest absolute Gasteiger partial charge is 0.411 e. The molecule has 7 nitrogen and oxygen atoms in total. The monoisotopic (exact) mass is 219 g/mol. The van der Waals surface area contributed by atoms with E-state index in [9.17, 15) is 10.0 Å². The van der Waals surface area contributed by atoms with Gasteiger partial charge in [0.05, 0.1) is 11.1 Å². The fourth-order valence-corrected chi connectivity index (χ4v) is 1.31. The maximum Gasteiger partial charge on any atom is 0.243 e. The van der Waals surface area contributed by atoms with E-state index >= 15 is 0 Å². The van der Waals surface area contributed by atoms with Crippen LogP contribution >= 0.6 is 0 Å². The quantitative estimate of drug-likeness (QED) is 0.589. The maximum absolute atomic E-state index is 10.8. The van der Waals surface area contributed by atoms with Crippen molar-refractivity contribution in [3.63, 3.8) is 0 Å². The molecule has 0 fully saturated rings. The summed E-state index contributed by atoms with van der Waals surface area (Å²) in [5.74, 6) is -0.355. The number of nitrogens with two attached hydrogens (primary N) is 1. The van der Waals surface area contributed by atoms with Crippen LogP contribution in [0.1, 0.15) is 6.92 Å². The molecule has 0 atom stereocenters. The van der Waals surface area contributed by atoms with Gasteiger partial charge in [-0.25, -0.2) is 9.98 Å². The fraction of sp³-hybridized carbons (Fsp3) is 0.111. The number of aromatic nitrogens is 3. The van der Waals surface area contributed by atoms with Gasteiger partial charge in [-0.15, -0.1) is 0 Å². The topological polar surface area (TPSA) is 106 Å². The van der Waals surface area contributed by atoms with Crippen LogP contribution in [0, 0.1) is 0 Å². The minimum atomic E-state index is -0.319. The van der Waals surface area contributed by atoms with Gasteiger partial charge >= 0.3 is 0 Å². The molecule has 82 valence electrons. The molecule has 1 amide bonds. The van der Waals surface area contributed by atoms with Gasteiger partial charge in [-0.3, -0.25) is 4.79 Å². The molecule has 0 saturated heterocycles. The van der Waals surface area contributed by atoms with Gasteiger partial charge in [-0.2, -0.15) is 0 Å². The van der Waals surface area contributed by atoms with Crippen molar-refractivity contribution in [2.45, 2.75) is 6.92 Å². The number of anilines is 1. The van der Waals surface area contributed by atoms with Crippen molar-refractivity contribution in [1.82, 2.24) is 14.9 Å². The highest BCUT2D eigenvalue weighted by Crippen LogP contribution is 2.14. The van der Waals surface area contributed by atoms with Gasteiger partial charge in [0.15, 0.2) is 0 Å². The number of carbonyl (C=O) groups is 1. The summed E-state index contributed by atoms with van der Waals surface area (Å²) in [6.07, 6.45) is 0. The third-order valence-corrected chi connectivity index (χ3v) is 1.89. The van der Waals surface area contributed by atoms with Gasteiger partial charge in [-0.1, -0.05) is 9.94 Å². The molecular formula is C9H9N5O2. The van der Waals surface area contributed by atoms with Crippen molar-refractivity contribution in [1.29, 1.82) is 0 Å². The van der Waals surface area contributed by atoms with Crippen LogP contribution < -0.4 is 11.1 Å². The Hall–Kier alpha value is -2.44. The molecule has 0 saturated carbocycles. The normalized spacial score (nSPS) is 11.9. The fourth-order valence-electron chi connectivity index (χ4n) is 1.31. The highest BCUT2D eigenvalue weighted by atomic mass is 16.5. The number of nitrogens with zero attached hydrogens (tertiary/aromatic N) is 4. The van der Waals surface area contributed by atoms with Gasteiger partial charge in [-0.05, 0) is 18.2 Å². The summed E-state index contributed by atoms with van der Waals surface area (Å²) in [5, 5.41) is 13.4. The first-order chi connectivity index (χ1) is 7.56. The number of hydrogen-bond donors (Lipinski definition) is 2. The Morgan fingerprint density at radius 3 is 3.00 bits per heavy atom. The number of carbonyl (C=O) groups excluding carboxylic acids is 1. The van der Waals surface area contributed by atoms with Crippen molar-refractivity contribution < 1.29 is 10.0 Å². The van der Waals surface area contributed by atoms with Crippen LogP contribution in [0.5, 0.6) is 0 Å². The van der Waals surface area contributed by atoms with E-state index in [1.165, 1.54) is 13.0 Å². The SMILES string of the molecule is CC(=O)N=c1ccc2nc(N)nn(O)c-2c1. The molecule has 0 aromatic rings. The number of hydrogen-bond acceptors (Lipinski definition) is 5. The molecule has 1 aliphatic carbocycles. The third kappa shape index (κ3) is 1.83. The zero-order valence-corrected chi connectivity index (χ0v) is 8.45. The summed E-state index contributed by atoms with van der Waals surface area (Å²) in [4.78, 5) is 19.0. The Labute approximate surface area is 90.2 Å². The standard InChI is InChI=1S/C9H9N5O2/c1-5(15)11-6-2-3-7-8(4-6)14(16)13-9(10)12-7/h2-4,16H,1H3,(H2,10,13). The molecular weight excluding hydrogens is 210 g/mol. The van der Waals surface area contributed by atoms with E-state index in [4.69, 9.17) is 5.73 Å². The number of fused-ring (bicyclic) bond motifs is 1. The first-order valence-corrected chi connectivity index (χ1v) is 4.47. The summed E-state index contributed by atoms with van der Waals surface area (Å²) < 4.78 is 0. The van der Waals surface area contributed by atoms with Crippen molar-refractivity contribution in [3.8, 4) is 11.4 Å². The van der Waals surface area contributed by atoms with Crippen molar-refractivity contribution >= 4 is 11.9 Å². The molecule has 7 heteroatoms. The van der Waals surface area contributed by atoms with Gasteiger partial charge in [0, 0.05) is 6.92 Å². The Bertz CT molecular complexity index is 589. The number of rotatable bonds is 0. The predicted molar refractivity (Wildman–Crippen MR) is 54.5 cm³/mol. The van der Waals surface area contributed by atoms with E-state index in [0.29, 0.717) is 21.6 Å². The molecule has 1 aliphatic heterocycles. The number of nitrogen functional groups attached to an aromatic ring is 1. The zero-order valence-electron chi connectivity index (χ0n) is 8.45. The van der Waals surface area contributed by atoms with E-state index in [1.54, 1.807) is 12.1 Å². The smallest absolute Gasteiger partial charge is 0.243 e. The van der Waals surface area contributed by atoms with Crippen LogP contribution in [0.15, 0.2) is 23.2 Å². The summed E-state index contributed by atoms with van der Waals surface area (Å²) >= 11 is 0. The third-order valence-electron chi connectivity index (χ3n) is 1.89. The van der Waals surface area contributed by atoms with Crippen LogP contribution in [0.2, 0.25) is 0 Å². The Morgan fingerprint density at radius 1 is 1.56 bits per heavy atom. The van der Waals surface area contributed by atoms with Gasteiger partial charge in [0.1, 0.15) is 5.69 Å². The van der Waals surface area contributed by atoms with Crippen LogP contribution in [0.25, 0.3) is 11.4 Å². The lowest BCUT2D eigenvalue weighted by molar-refractivity contribution is -0.116. The van der Waals surface area contributed by atoms with Gasteiger partial charge in [0.2, 0.25) is 11.9 Å². The molecule has 2 rings (SSSR count). The van der Waals surface area contributed by atoms with E-state index < -0.39 is 0 Å². The average molecular weight is 219 g/mol. The Balaban J connectivity index is 2.72. The Kier molecular flexibility index (Phi) is 2.28. The maximum atomic E-state index is 10.8. The summed E-state index contributed by atoms with van der Waals surface area (Å²) in [6, 6.07) is 4.70. The van der Waals surface area contributed by atoms with Crippen LogP contribution in [0.4, 0.5) is 5.95 Å². The molecule has 0 aromatic heterocycles. The molecule has 0 bridgehead atoms. The summed E-state index contributed by atoms with van der Waals surface area (Å²) in [6.45, 7) is 1.34. The highest BCUT2D eigenvalue weighted by molar-refractivity contribution is 5.74. The lowest BCUT2D eigenvalue weighted by Crippen LogP contribution is -2.14. The van der Waals surface area contributed by atoms with Crippen molar-refractivity contribution in [2.24, 2.45) is 4.99 Å². The molecule has 3 N–H and O–H groups in total. The van der Waals surface area contributed by atoms with E-state index in [2.05, 4.69) is 15.1 Å². The summed E-state index contributed by atoms with van der Waals surface area (Å²) in [7, 11) is 0. The van der Waals surface area contributed by atoms with E-state index in [1.807, 2.05) is 0 Å². The minimum absolute atomic E-state index is 0.0359. The zero-order chi connectivity index (χ0) is 11.7. The predicted octanol–water partition coefficient (Wildman–Crippen LogP) is -0.350. The molecule has 0 radical (unpaired) electrons. The van der Waals surface area contributed by atoms with Crippen LogP contribution in [0.3, 0.4) is 0 Å². The molecule has 16 heavy (non-hydrogen) atoms. The minimum Gasteiger partial charge on any atom is -0.411 e. The summed E-state index contributed by atoms with van der Waals surface area (Å²) in [5.41, 5.74) is 6.16. The van der Waals surface area contributed by atoms with Gasteiger partial charge < -0.3 is 10.9 Å².